The minimum atomic E-state index is -0.406. The van der Waals surface area contributed by atoms with E-state index in [4.69, 9.17) is 33.3 Å². The van der Waals surface area contributed by atoms with Crippen LogP contribution in [0.4, 0.5) is 11.4 Å². The Kier molecular flexibility index (Phi) is 8.92. The zero-order valence-electron chi connectivity index (χ0n) is 20.4. The smallest absolute Gasteiger partial charge is 0.257 e. The fourth-order valence-electron chi connectivity index (χ4n) is 3.44. The summed E-state index contributed by atoms with van der Waals surface area (Å²) in [6.07, 6.45) is 0. The topological polar surface area (TPSA) is 88.7 Å². The van der Waals surface area contributed by atoms with Gasteiger partial charge in [0.1, 0.15) is 6.61 Å². The van der Waals surface area contributed by atoms with Crippen LogP contribution in [-0.2, 0) is 6.61 Å². The van der Waals surface area contributed by atoms with Crippen molar-refractivity contribution in [1.82, 2.24) is 5.32 Å². The molecule has 0 saturated carbocycles. The van der Waals surface area contributed by atoms with Gasteiger partial charge in [-0.25, -0.2) is 0 Å². The number of thiocarbonyl (C=S) groups is 1. The number of amides is 2. The SMILES string of the molecule is COc1cc(C(=O)NC(=S)Nc2ccc(NC(=O)c3ccccc3)cc2)ccc1OCc1ccc(Cl)cc1. The quantitative estimate of drug-likeness (QED) is 0.225. The highest BCUT2D eigenvalue weighted by molar-refractivity contribution is 7.80. The lowest BCUT2D eigenvalue weighted by molar-refractivity contribution is 0.0976. The van der Waals surface area contributed by atoms with Gasteiger partial charge in [0, 0.05) is 27.5 Å². The van der Waals surface area contributed by atoms with Crippen LogP contribution in [0.25, 0.3) is 0 Å². The molecule has 0 aliphatic carbocycles. The van der Waals surface area contributed by atoms with E-state index in [1.807, 2.05) is 18.2 Å². The third-order valence-electron chi connectivity index (χ3n) is 5.40. The van der Waals surface area contributed by atoms with Crippen molar-refractivity contribution >= 4 is 52.1 Å². The largest absolute Gasteiger partial charge is 0.493 e. The summed E-state index contributed by atoms with van der Waals surface area (Å²) in [6.45, 7) is 0.321. The Morgan fingerprint density at radius 1 is 0.763 bits per heavy atom. The number of nitrogens with one attached hydrogen (secondary N) is 3. The van der Waals surface area contributed by atoms with Crippen LogP contribution in [0.3, 0.4) is 0 Å². The van der Waals surface area contributed by atoms with E-state index in [9.17, 15) is 9.59 Å². The van der Waals surface area contributed by atoms with Gasteiger partial charge in [-0.05, 0) is 84.5 Å². The van der Waals surface area contributed by atoms with Crippen molar-refractivity contribution < 1.29 is 19.1 Å². The number of hydrogen-bond acceptors (Lipinski definition) is 5. The molecule has 3 N–H and O–H groups in total. The van der Waals surface area contributed by atoms with Crippen LogP contribution >= 0.6 is 23.8 Å². The maximum absolute atomic E-state index is 12.8. The first-order valence-electron chi connectivity index (χ1n) is 11.6. The number of carbonyl (C=O) groups is 2. The zero-order chi connectivity index (χ0) is 26.9. The van der Waals surface area contributed by atoms with Gasteiger partial charge in [-0.1, -0.05) is 41.9 Å². The molecule has 9 heteroatoms. The van der Waals surface area contributed by atoms with Gasteiger partial charge in [-0.2, -0.15) is 0 Å². The first-order valence-corrected chi connectivity index (χ1v) is 12.3. The highest BCUT2D eigenvalue weighted by atomic mass is 35.5. The van der Waals surface area contributed by atoms with E-state index < -0.39 is 5.91 Å². The number of benzene rings is 4. The van der Waals surface area contributed by atoms with Gasteiger partial charge >= 0.3 is 0 Å². The van der Waals surface area contributed by atoms with E-state index in [1.54, 1.807) is 78.9 Å². The summed E-state index contributed by atoms with van der Waals surface area (Å²) < 4.78 is 11.3. The van der Waals surface area contributed by atoms with E-state index in [0.29, 0.717) is 45.6 Å². The molecule has 0 fully saturated rings. The normalized spacial score (nSPS) is 10.3. The second kappa shape index (κ2) is 12.7. The molecule has 2 amide bonds. The summed E-state index contributed by atoms with van der Waals surface area (Å²) in [7, 11) is 1.50. The monoisotopic (exact) mass is 545 g/mol. The van der Waals surface area contributed by atoms with Gasteiger partial charge in [0.05, 0.1) is 7.11 Å². The molecule has 0 atom stereocenters. The molecule has 4 rings (SSSR count). The molecule has 0 unspecified atom stereocenters. The number of carbonyl (C=O) groups excluding carboxylic acids is 2. The highest BCUT2D eigenvalue weighted by Crippen LogP contribution is 2.29. The Balaban J connectivity index is 1.31. The number of halogens is 1. The summed E-state index contributed by atoms with van der Waals surface area (Å²) in [5.74, 6) is 0.306. The molecule has 0 heterocycles. The van der Waals surface area contributed by atoms with E-state index in [-0.39, 0.29) is 11.0 Å². The van der Waals surface area contributed by atoms with Crippen molar-refractivity contribution in [3.63, 3.8) is 0 Å². The highest BCUT2D eigenvalue weighted by Gasteiger charge is 2.13. The lowest BCUT2D eigenvalue weighted by Crippen LogP contribution is -2.34. The maximum atomic E-state index is 12.8. The van der Waals surface area contributed by atoms with Gasteiger partial charge in [0.15, 0.2) is 16.6 Å². The Morgan fingerprint density at radius 3 is 2.08 bits per heavy atom. The molecule has 4 aromatic rings. The van der Waals surface area contributed by atoms with Gasteiger partial charge < -0.3 is 20.1 Å². The Labute approximate surface area is 230 Å². The molecule has 0 saturated heterocycles. The van der Waals surface area contributed by atoms with Crippen LogP contribution < -0.4 is 25.4 Å². The van der Waals surface area contributed by atoms with Crippen LogP contribution in [0, 0.1) is 0 Å². The Morgan fingerprint density at radius 2 is 1.42 bits per heavy atom. The maximum Gasteiger partial charge on any atom is 0.257 e. The van der Waals surface area contributed by atoms with Gasteiger partial charge in [0.2, 0.25) is 0 Å². The van der Waals surface area contributed by atoms with Crippen LogP contribution in [-0.4, -0.2) is 24.0 Å². The van der Waals surface area contributed by atoms with Crippen molar-refractivity contribution in [3.05, 3.63) is 119 Å². The molecule has 0 aromatic heterocycles. The fourth-order valence-corrected chi connectivity index (χ4v) is 3.77. The molecular formula is C29H24ClN3O4S. The minimum absolute atomic E-state index is 0.123. The van der Waals surface area contributed by atoms with Gasteiger partial charge in [-0.15, -0.1) is 0 Å². The molecule has 0 aliphatic rings. The Bertz CT molecular complexity index is 1430. The first-order chi connectivity index (χ1) is 18.4. The number of hydrogen-bond donors (Lipinski definition) is 3. The van der Waals surface area contributed by atoms with E-state index in [0.717, 1.165) is 5.56 Å². The summed E-state index contributed by atoms with van der Waals surface area (Å²) in [5, 5.41) is 9.21. The third-order valence-corrected chi connectivity index (χ3v) is 5.85. The van der Waals surface area contributed by atoms with E-state index in [2.05, 4.69) is 16.0 Å². The van der Waals surface area contributed by atoms with Crippen LogP contribution in [0.1, 0.15) is 26.3 Å². The van der Waals surface area contributed by atoms with Crippen LogP contribution in [0.2, 0.25) is 5.02 Å². The van der Waals surface area contributed by atoms with Crippen molar-refractivity contribution in [2.24, 2.45) is 0 Å². The summed E-state index contributed by atoms with van der Waals surface area (Å²) in [5.41, 5.74) is 3.14. The fraction of sp³-hybridized carbons (Fsp3) is 0.0690. The molecule has 0 spiro atoms. The molecule has 0 bridgehead atoms. The molecule has 38 heavy (non-hydrogen) atoms. The number of ether oxygens (including phenoxy) is 2. The summed E-state index contributed by atoms with van der Waals surface area (Å²) >= 11 is 11.2. The van der Waals surface area contributed by atoms with Gasteiger partial charge in [-0.3, -0.25) is 14.9 Å². The molecule has 4 aromatic carbocycles. The predicted octanol–water partition coefficient (Wildman–Crippen LogP) is 6.31. The second-order valence-electron chi connectivity index (χ2n) is 8.09. The molecule has 7 nitrogen and oxygen atoms in total. The minimum Gasteiger partial charge on any atom is -0.493 e. The lowest BCUT2D eigenvalue weighted by Gasteiger charge is -2.13. The molecule has 0 radical (unpaired) electrons. The standard InChI is InChI=1S/C29H24ClN3O4S/c1-36-26-17-21(9-16-25(26)37-18-19-7-10-22(30)11-8-19)28(35)33-29(38)32-24-14-12-23(13-15-24)31-27(34)20-5-3-2-4-6-20/h2-17H,18H2,1H3,(H,31,34)(H2,32,33,35,38). The summed E-state index contributed by atoms with van der Waals surface area (Å²) in [4.78, 5) is 25.0. The molecular weight excluding hydrogens is 522 g/mol. The molecule has 0 aliphatic heterocycles. The number of rotatable bonds is 8. The lowest BCUT2D eigenvalue weighted by atomic mass is 10.2. The number of methoxy groups -OCH3 is 1. The zero-order valence-corrected chi connectivity index (χ0v) is 21.9. The average Bonchev–Trinajstić information content (AvgIpc) is 2.94. The predicted molar refractivity (Wildman–Crippen MR) is 153 cm³/mol. The van der Waals surface area contributed by atoms with Crippen LogP contribution in [0.15, 0.2) is 97.1 Å². The average molecular weight is 546 g/mol. The third kappa shape index (κ3) is 7.32. The van der Waals surface area contributed by atoms with E-state index >= 15 is 0 Å². The van der Waals surface area contributed by atoms with Crippen molar-refractivity contribution in [2.45, 2.75) is 6.61 Å². The second-order valence-corrected chi connectivity index (χ2v) is 8.93. The first kappa shape index (κ1) is 26.7. The molecule has 192 valence electrons. The van der Waals surface area contributed by atoms with Crippen molar-refractivity contribution in [1.29, 1.82) is 0 Å². The Hall–Kier alpha value is -4.40. The van der Waals surface area contributed by atoms with Crippen molar-refractivity contribution in [3.8, 4) is 11.5 Å². The summed E-state index contributed by atoms with van der Waals surface area (Å²) in [6, 6.07) is 28.1. The van der Waals surface area contributed by atoms with E-state index in [1.165, 1.54) is 7.11 Å². The van der Waals surface area contributed by atoms with Crippen molar-refractivity contribution in [2.75, 3.05) is 17.7 Å². The van der Waals surface area contributed by atoms with Gasteiger partial charge in [0.25, 0.3) is 11.8 Å². The van der Waals surface area contributed by atoms with Crippen LogP contribution in [0.5, 0.6) is 11.5 Å². The number of anilines is 2.